The molecular formula is C35H60O3. The molecule has 0 aromatic heterocycles. The highest BCUT2D eigenvalue weighted by Crippen LogP contribution is 2.67. The van der Waals surface area contributed by atoms with Crippen LogP contribution in [0.3, 0.4) is 0 Å². The van der Waals surface area contributed by atoms with Crippen LogP contribution in [-0.4, -0.2) is 30.2 Å². The lowest BCUT2D eigenvalue weighted by atomic mass is 9.47. The van der Waals surface area contributed by atoms with E-state index in [0.717, 1.165) is 36.5 Å². The number of ether oxygens (including phenoxy) is 2. The summed E-state index contributed by atoms with van der Waals surface area (Å²) in [6.07, 6.45) is 22.6. The molecule has 0 amide bonds. The molecule has 3 fully saturated rings. The number of hydrogen-bond donors (Lipinski definition) is 1. The number of rotatable bonds is 6. The van der Waals surface area contributed by atoms with Gasteiger partial charge in [0.1, 0.15) is 0 Å². The van der Waals surface area contributed by atoms with Gasteiger partial charge in [-0.2, -0.15) is 0 Å². The second-order valence-electron chi connectivity index (χ2n) is 12.7. The van der Waals surface area contributed by atoms with Crippen molar-refractivity contribution in [3.63, 3.8) is 0 Å². The predicted octanol–water partition coefficient (Wildman–Crippen LogP) is 9.41. The van der Waals surface area contributed by atoms with Gasteiger partial charge in [0.2, 0.25) is 0 Å². The van der Waals surface area contributed by atoms with E-state index in [4.69, 9.17) is 9.47 Å². The lowest BCUT2D eigenvalue weighted by molar-refractivity contribution is -0.168. The first-order valence-electron chi connectivity index (χ1n) is 16.3. The van der Waals surface area contributed by atoms with E-state index in [2.05, 4.69) is 39.8 Å². The molecule has 0 spiro atoms. The molecule has 9 atom stereocenters. The van der Waals surface area contributed by atoms with E-state index in [1.807, 2.05) is 33.8 Å². The summed E-state index contributed by atoms with van der Waals surface area (Å²) >= 11 is 0. The van der Waals surface area contributed by atoms with E-state index in [0.29, 0.717) is 17.4 Å². The van der Waals surface area contributed by atoms with Crippen molar-refractivity contribution in [3.8, 4) is 0 Å². The van der Waals surface area contributed by atoms with Crippen molar-refractivity contribution in [2.45, 2.75) is 145 Å². The van der Waals surface area contributed by atoms with Gasteiger partial charge >= 0.3 is 0 Å². The van der Waals surface area contributed by atoms with Crippen molar-refractivity contribution in [2.75, 3.05) is 6.61 Å². The van der Waals surface area contributed by atoms with Gasteiger partial charge in [-0.05, 0) is 105 Å². The van der Waals surface area contributed by atoms with E-state index < -0.39 is 6.10 Å². The maximum atomic E-state index is 9.63. The molecule has 0 bridgehead atoms. The average Bonchev–Trinajstić information content (AvgIpc) is 3.30. The first-order chi connectivity index (χ1) is 18.3. The Morgan fingerprint density at radius 3 is 2.50 bits per heavy atom. The Labute approximate surface area is 235 Å². The van der Waals surface area contributed by atoms with Gasteiger partial charge in [0.05, 0.1) is 18.8 Å². The lowest BCUT2D eigenvalue weighted by Crippen LogP contribution is -2.50. The number of fused-ring (bicyclic) bond motifs is 5. The van der Waals surface area contributed by atoms with Crippen molar-refractivity contribution < 1.29 is 14.6 Å². The van der Waals surface area contributed by atoms with Crippen LogP contribution in [0.4, 0.5) is 0 Å². The fourth-order valence-corrected chi connectivity index (χ4v) is 8.97. The molecule has 3 saturated carbocycles. The number of allylic oxidation sites excluding steroid dienone is 3. The Morgan fingerprint density at radius 2 is 1.82 bits per heavy atom. The SMILES string of the molecule is CC.CC.CCCC/C=C(\C)C1CCC2C3CC=C4CC(OC5C=CC(O)CO5)CCC4(C)C3CCC12C. The van der Waals surface area contributed by atoms with Crippen molar-refractivity contribution >= 4 is 0 Å². The van der Waals surface area contributed by atoms with Gasteiger partial charge in [-0.15, -0.1) is 0 Å². The minimum Gasteiger partial charge on any atom is -0.387 e. The molecule has 0 aromatic carbocycles. The summed E-state index contributed by atoms with van der Waals surface area (Å²) in [5, 5.41) is 9.63. The van der Waals surface area contributed by atoms with E-state index >= 15 is 0 Å². The van der Waals surface area contributed by atoms with E-state index in [-0.39, 0.29) is 12.4 Å². The number of unbranched alkanes of at least 4 members (excludes halogenated alkanes) is 2. The smallest absolute Gasteiger partial charge is 0.177 e. The average molecular weight is 529 g/mol. The Balaban J connectivity index is 0.000000956. The molecule has 1 N–H and O–H groups in total. The molecule has 5 aliphatic rings. The molecule has 0 aromatic rings. The standard InChI is InChI=1S/C31H48O3.2C2H6/c1-5-6-7-8-21(2)26-12-13-27-25-11-9-22-19-24(34-29-14-10-23(32)20-33-29)15-17-30(22,3)28(25)16-18-31(26,27)4;2*1-2/h8-10,14,23-29,32H,5-7,11-13,15-20H2,1-4H3;2*1-2H3/b21-8+;;. The van der Waals surface area contributed by atoms with Gasteiger partial charge in [-0.25, -0.2) is 0 Å². The van der Waals surface area contributed by atoms with Crippen LogP contribution >= 0.6 is 0 Å². The van der Waals surface area contributed by atoms with Gasteiger partial charge in [0.15, 0.2) is 6.29 Å². The second kappa shape index (κ2) is 14.1. The summed E-state index contributed by atoms with van der Waals surface area (Å²) in [4.78, 5) is 0. The van der Waals surface area contributed by atoms with Crippen LogP contribution in [-0.2, 0) is 9.47 Å². The van der Waals surface area contributed by atoms with Gasteiger partial charge in [0.25, 0.3) is 0 Å². The fraction of sp³-hybridized carbons (Fsp3) is 0.829. The maximum absolute atomic E-state index is 9.63. The summed E-state index contributed by atoms with van der Waals surface area (Å²) in [7, 11) is 0. The lowest BCUT2D eigenvalue weighted by Gasteiger charge is -2.58. The predicted molar refractivity (Wildman–Crippen MR) is 161 cm³/mol. The van der Waals surface area contributed by atoms with Crippen LogP contribution in [0.5, 0.6) is 0 Å². The molecule has 38 heavy (non-hydrogen) atoms. The third-order valence-electron chi connectivity index (χ3n) is 10.9. The quantitative estimate of drug-likeness (QED) is 0.276. The highest BCUT2D eigenvalue weighted by molar-refractivity contribution is 5.26. The summed E-state index contributed by atoms with van der Waals surface area (Å²) in [5.41, 5.74) is 4.22. The summed E-state index contributed by atoms with van der Waals surface area (Å²) in [6.45, 7) is 18.3. The van der Waals surface area contributed by atoms with Crippen LogP contribution in [0.25, 0.3) is 0 Å². The van der Waals surface area contributed by atoms with Crippen LogP contribution in [0.1, 0.15) is 126 Å². The highest BCUT2D eigenvalue weighted by Gasteiger charge is 2.58. The molecule has 5 rings (SSSR count). The maximum Gasteiger partial charge on any atom is 0.177 e. The molecule has 218 valence electrons. The highest BCUT2D eigenvalue weighted by atomic mass is 16.7. The molecule has 4 aliphatic carbocycles. The van der Waals surface area contributed by atoms with Crippen molar-refractivity contribution in [2.24, 2.45) is 34.5 Å². The largest absolute Gasteiger partial charge is 0.387 e. The third-order valence-corrected chi connectivity index (χ3v) is 10.9. The van der Waals surface area contributed by atoms with E-state index in [1.165, 1.54) is 57.8 Å². The van der Waals surface area contributed by atoms with Crippen LogP contribution < -0.4 is 0 Å². The number of aliphatic hydroxyl groups is 1. The summed E-state index contributed by atoms with van der Waals surface area (Å²) in [6, 6.07) is 0. The minimum absolute atomic E-state index is 0.237. The molecule has 0 saturated heterocycles. The van der Waals surface area contributed by atoms with Crippen molar-refractivity contribution in [1.29, 1.82) is 0 Å². The van der Waals surface area contributed by atoms with Gasteiger partial charge in [-0.3, -0.25) is 0 Å². The molecule has 0 radical (unpaired) electrons. The Bertz CT molecular complexity index is 827. The van der Waals surface area contributed by atoms with Crippen LogP contribution in [0.15, 0.2) is 35.5 Å². The molecule has 9 unspecified atom stereocenters. The zero-order valence-corrected chi connectivity index (χ0v) is 26.1. The first kappa shape index (κ1) is 31.6. The Hall–Kier alpha value is -0.900. The first-order valence-corrected chi connectivity index (χ1v) is 16.3. The molecule has 1 heterocycles. The summed E-state index contributed by atoms with van der Waals surface area (Å²) < 4.78 is 12.0. The Morgan fingerprint density at radius 1 is 1.05 bits per heavy atom. The van der Waals surface area contributed by atoms with Crippen LogP contribution in [0.2, 0.25) is 0 Å². The van der Waals surface area contributed by atoms with E-state index in [1.54, 1.807) is 17.2 Å². The van der Waals surface area contributed by atoms with Gasteiger partial charge in [0, 0.05) is 0 Å². The fourth-order valence-electron chi connectivity index (χ4n) is 8.97. The molecule has 3 nitrogen and oxygen atoms in total. The van der Waals surface area contributed by atoms with Gasteiger partial charge < -0.3 is 14.6 Å². The monoisotopic (exact) mass is 528 g/mol. The zero-order valence-electron chi connectivity index (χ0n) is 26.1. The van der Waals surface area contributed by atoms with Crippen LogP contribution in [0, 0.1) is 34.5 Å². The second-order valence-corrected chi connectivity index (χ2v) is 12.7. The zero-order chi connectivity index (χ0) is 27.9. The molecular weight excluding hydrogens is 468 g/mol. The third kappa shape index (κ3) is 6.36. The van der Waals surface area contributed by atoms with Gasteiger partial charge in [-0.1, -0.05) is 90.7 Å². The number of hydrogen-bond acceptors (Lipinski definition) is 3. The van der Waals surface area contributed by atoms with Crippen molar-refractivity contribution in [3.05, 3.63) is 35.5 Å². The molecule has 1 aliphatic heterocycles. The minimum atomic E-state index is -0.490. The Kier molecular flexibility index (Phi) is 11.8. The molecule has 3 heteroatoms. The number of aliphatic hydroxyl groups excluding tert-OH is 1. The van der Waals surface area contributed by atoms with E-state index in [9.17, 15) is 5.11 Å². The normalized spacial score (nSPS) is 41.9. The summed E-state index contributed by atoms with van der Waals surface area (Å²) in [5.74, 6) is 3.40. The van der Waals surface area contributed by atoms with Crippen molar-refractivity contribution in [1.82, 2.24) is 0 Å². The topological polar surface area (TPSA) is 38.7 Å².